The third-order valence-electron chi connectivity index (χ3n) is 1.24. The summed E-state index contributed by atoms with van der Waals surface area (Å²) in [6, 6.07) is -0.0892. The van der Waals surface area contributed by atoms with E-state index < -0.39 is 0 Å². The van der Waals surface area contributed by atoms with Crippen molar-refractivity contribution in [3.05, 3.63) is 12.2 Å². The number of isothiocyanates is 1. The molecule has 1 atom stereocenters. The molecule has 58 valence electrons. The molecule has 0 radical (unpaired) electrons. The van der Waals surface area contributed by atoms with Crippen molar-refractivity contribution < 1.29 is 0 Å². The van der Waals surface area contributed by atoms with E-state index in [0.29, 0.717) is 5.82 Å². The maximum absolute atomic E-state index is 4.46. The van der Waals surface area contributed by atoms with E-state index in [2.05, 4.69) is 32.5 Å². The SMILES string of the molecule is C[C@H](N=C=S)c1ncn(C)n1. The Balaban J connectivity index is 2.84. The molecule has 11 heavy (non-hydrogen) atoms. The first-order valence-corrected chi connectivity index (χ1v) is 3.57. The molecule has 0 unspecified atom stereocenters. The third-order valence-corrected chi connectivity index (χ3v) is 1.34. The fraction of sp³-hybridized carbons (Fsp3) is 0.500. The molecule has 0 spiro atoms. The minimum atomic E-state index is -0.0892. The number of aryl methyl sites for hydroxylation is 1. The number of rotatable bonds is 2. The van der Waals surface area contributed by atoms with Crippen LogP contribution in [0.4, 0.5) is 0 Å². The lowest BCUT2D eigenvalue weighted by molar-refractivity contribution is 0.697. The summed E-state index contributed by atoms with van der Waals surface area (Å²) in [6.07, 6.45) is 1.63. The summed E-state index contributed by atoms with van der Waals surface area (Å²) in [6.45, 7) is 1.87. The Morgan fingerprint density at radius 3 is 3.00 bits per heavy atom. The van der Waals surface area contributed by atoms with Gasteiger partial charge >= 0.3 is 0 Å². The highest BCUT2D eigenvalue weighted by Crippen LogP contribution is 2.08. The standard InChI is InChI=1S/C6H8N4S/c1-5(8-4-11)6-7-3-10(2)9-6/h3,5H,1-2H3/t5-/m0/s1. The molecule has 0 fully saturated rings. The minimum Gasteiger partial charge on any atom is -0.256 e. The van der Waals surface area contributed by atoms with Crippen LogP contribution in [0.5, 0.6) is 0 Å². The molecule has 0 aromatic carbocycles. The summed E-state index contributed by atoms with van der Waals surface area (Å²) in [5.74, 6) is 0.671. The van der Waals surface area contributed by atoms with Gasteiger partial charge < -0.3 is 0 Å². The Labute approximate surface area is 70.0 Å². The van der Waals surface area contributed by atoms with Crippen LogP contribution >= 0.6 is 12.2 Å². The minimum absolute atomic E-state index is 0.0892. The summed E-state index contributed by atoms with van der Waals surface area (Å²) in [5, 5.41) is 6.35. The van der Waals surface area contributed by atoms with Crippen LogP contribution in [0, 0.1) is 0 Å². The molecule has 1 heterocycles. The van der Waals surface area contributed by atoms with Gasteiger partial charge in [0.05, 0.1) is 5.16 Å². The van der Waals surface area contributed by atoms with E-state index in [1.54, 1.807) is 11.0 Å². The van der Waals surface area contributed by atoms with Gasteiger partial charge in [0.25, 0.3) is 0 Å². The van der Waals surface area contributed by atoms with Crippen LogP contribution in [0.25, 0.3) is 0 Å². The Morgan fingerprint density at radius 2 is 2.55 bits per heavy atom. The maximum Gasteiger partial charge on any atom is 0.175 e. The quantitative estimate of drug-likeness (QED) is 0.488. The predicted molar refractivity (Wildman–Crippen MR) is 44.4 cm³/mol. The molecule has 1 aromatic rings. The second kappa shape index (κ2) is 3.37. The van der Waals surface area contributed by atoms with Gasteiger partial charge in [-0.1, -0.05) is 0 Å². The smallest absolute Gasteiger partial charge is 0.175 e. The molecule has 0 aliphatic heterocycles. The number of hydrogen-bond acceptors (Lipinski definition) is 4. The Bertz CT molecular complexity index is 287. The topological polar surface area (TPSA) is 43.1 Å². The third kappa shape index (κ3) is 1.93. The summed E-state index contributed by atoms with van der Waals surface area (Å²) < 4.78 is 1.63. The fourth-order valence-corrected chi connectivity index (χ4v) is 0.842. The van der Waals surface area contributed by atoms with Gasteiger partial charge in [-0.3, -0.25) is 4.68 Å². The van der Waals surface area contributed by atoms with Gasteiger partial charge in [-0.2, -0.15) is 5.10 Å². The van der Waals surface area contributed by atoms with Crippen LogP contribution in [-0.2, 0) is 7.05 Å². The second-order valence-corrected chi connectivity index (χ2v) is 2.36. The highest BCUT2D eigenvalue weighted by atomic mass is 32.1. The van der Waals surface area contributed by atoms with E-state index in [1.165, 1.54) is 0 Å². The van der Waals surface area contributed by atoms with Crippen LogP contribution in [0.2, 0.25) is 0 Å². The predicted octanol–water partition coefficient (Wildman–Crippen LogP) is 0.979. The van der Waals surface area contributed by atoms with Crippen molar-refractivity contribution in [2.75, 3.05) is 0 Å². The molecular formula is C6H8N4S. The summed E-state index contributed by atoms with van der Waals surface area (Å²) in [4.78, 5) is 7.84. The summed E-state index contributed by atoms with van der Waals surface area (Å²) in [5.41, 5.74) is 0. The van der Waals surface area contributed by atoms with E-state index in [-0.39, 0.29) is 6.04 Å². The highest BCUT2D eigenvalue weighted by molar-refractivity contribution is 7.78. The molecule has 0 bridgehead atoms. The van der Waals surface area contributed by atoms with Gasteiger partial charge in [0.15, 0.2) is 5.82 Å². The first kappa shape index (κ1) is 8.04. The normalized spacial score (nSPS) is 12.2. The molecule has 4 nitrogen and oxygen atoms in total. The molecule has 0 saturated heterocycles. The van der Waals surface area contributed by atoms with E-state index in [0.717, 1.165) is 0 Å². The number of aliphatic imine (C=N–C) groups is 1. The first-order chi connectivity index (χ1) is 5.24. The van der Waals surface area contributed by atoms with E-state index in [9.17, 15) is 0 Å². The van der Waals surface area contributed by atoms with Crippen LogP contribution in [0.3, 0.4) is 0 Å². The van der Waals surface area contributed by atoms with Gasteiger partial charge in [0, 0.05) is 7.05 Å². The van der Waals surface area contributed by atoms with Crippen molar-refractivity contribution in [1.82, 2.24) is 14.8 Å². The maximum atomic E-state index is 4.46. The van der Waals surface area contributed by atoms with Crippen molar-refractivity contribution in [3.63, 3.8) is 0 Å². The molecule has 0 aliphatic rings. The molecule has 0 saturated carbocycles. The van der Waals surface area contributed by atoms with Crippen molar-refractivity contribution >= 4 is 17.4 Å². The van der Waals surface area contributed by atoms with Crippen molar-refractivity contribution in [2.45, 2.75) is 13.0 Å². The van der Waals surface area contributed by atoms with Crippen molar-refractivity contribution in [3.8, 4) is 0 Å². The Hall–Kier alpha value is -1.06. The number of nitrogens with zero attached hydrogens (tertiary/aromatic N) is 4. The van der Waals surface area contributed by atoms with Crippen LogP contribution in [0.1, 0.15) is 18.8 Å². The molecule has 1 aromatic heterocycles. The van der Waals surface area contributed by atoms with E-state index in [1.807, 2.05) is 14.0 Å². The number of hydrogen-bond donors (Lipinski definition) is 0. The number of thiocarbonyl (C=S) groups is 1. The average Bonchev–Trinajstić information content (AvgIpc) is 2.36. The molecule has 1 rings (SSSR count). The van der Waals surface area contributed by atoms with E-state index in [4.69, 9.17) is 0 Å². The van der Waals surface area contributed by atoms with Crippen LogP contribution in [-0.4, -0.2) is 19.9 Å². The van der Waals surface area contributed by atoms with Crippen molar-refractivity contribution in [2.24, 2.45) is 12.0 Å². The Kier molecular flexibility index (Phi) is 2.46. The molecule has 0 aliphatic carbocycles. The zero-order chi connectivity index (χ0) is 8.27. The lowest BCUT2D eigenvalue weighted by atomic mass is 10.3. The largest absolute Gasteiger partial charge is 0.256 e. The Morgan fingerprint density at radius 1 is 1.82 bits per heavy atom. The number of aromatic nitrogens is 3. The molecule has 5 heteroatoms. The van der Waals surface area contributed by atoms with Gasteiger partial charge in [0.2, 0.25) is 0 Å². The summed E-state index contributed by atoms with van der Waals surface area (Å²) >= 11 is 4.46. The van der Waals surface area contributed by atoms with Crippen LogP contribution in [0.15, 0.2) is 11.3 Å². The van der Waals surface area contributed by atoms with Gasteiger partial charge in [-0.25, -0.2) is 9.98 Å². The van der Waals surface area contributed by atoms with Crippen LogP contribution < -0.4 is 0 Å². The molecular weight excluding hydrogens is 160 g/mol. The van der Waals surface area contributed by atoms with Gasteiger partial charge in [-0.15, -0.1) is 0 Å². The lowest BCUT2D eigenvalue weighted by Crippen LogP contribution is -1.94. The first-order valence-electron chi connectivity index (χ1n) is 3.16. The molecule has 0 amide bonds. The van der Waals surface area contributed by atoms with Crippen molar-refractivity contribution in [1.29, 1.82) is 0 Å². The monoisotopic (exact) mass is 168 g/mol. The average molecular weight is 168 g/mol. The fourth-order valence-electron chi connectivity index (χ4n) is 0.684. The molecule has 0 N–H and O–H groups in total. The second-order valence-electron chi connectivity index (χ2n) is 2.17. The zero-order valence-electron chi connectivity index (χ0n) is 6.35. The van der Waals surface area contributed by atoms with Gasteiger partial charge in [-0.05, 0) is 19.1 Å². The lowest BCUT2D eigenvalue weighted by Gasteiger charge is -1.94. The summed E-state index contributed by atoms with van der Waals surface area (Å²) in [7, 11) is 1.81. The van der Waals surface area contributed by atoms with Gasteiger partial charge in [0.1, 0.15) is 12.4 Å². The zero-order valence-corrected chi connectivity index (χ0v) is 7.17. The highest BCUT2D eigenvalue weighted by Gasteiger charge is 2.06. The van der Waals surface area contributed by atoms with E-state index >= 15 is 0 Å².